The van der Waals surface area contributed by atoms with Gasteiger partial charge in [0.1, 0.15) is 5.82 Å². The maximum atomic E-state index is 12.9. The number of carbonyl (C=O) groups is 2. The summed E-state index contributed by atoms with van der Waals surface area (Å²) in [4.78, 5) is 34.5. The van der Waals surface area contributed by atoms with E-state index in [1.807, 2.05) is 55.6 Å². The molecule has 2 N–H and O–H groups in total. The molecule has 0 atom stereocenters. The molecule has 0 spiro atoms. The second kappa shape index (κ2) is 10.5. The van der Waals surface area contributed by atoms with Gasteiger partial charge in [0.25, 0.3) is 0 Å². The third kappa shape index (κ3) is 5.48. The Labute approximate surface area is 206 Å². The average Bonchev–Trinajstić information content (AvgIpc) is 3.19. The lowest BCUT2D eigenvalue weighted by molar-refractivity contribution is -0.138. The normalized spacial score (nSPS) is 17.5. The number of nitrogens with one attached hydrogen (secondary N) is 2. The van der Waals surface area contributed by atoms with Crippen molar-refractivity contribution in [1.82, 2.24) is 19.4 Å². The molecule has 2 heterocycles. The molecule has 0 radical (unpaired) electrons. The molecule has 2 fully saturated rings. The van der Waals surface area contributed by atoms with Crippen LogP contribution in [0.3, 0.4) is 0 Å². The molecule has 1 aliphatic heterocycles. The molecule has 0 bridgehead atoms. The van der Waals surface area contributed by atoms with Gasteiger partial charge in [-0.2, -0.15) is 0 Å². The third-order valence-corrected chi connectivity index (χ3v) is 7.27. The van der Waals surface area contributed by atoms with E-state index in [1.54, 1.807) is 0 Å². The van der Waals surface area contributed by atoms with Crippen molar-refractivity contribution in [2.75, 3.05) is 36.8 Å². The van der Waals surface area contributed by atoms with E-state index in [2.05, 4.69) is 25.0 Å². The molecular weight excluding hydrogens is 440 g/mol. The largest absolute Gasteiger partial charge is 0.340 e. The van der Waals surface area contributed by atoms with Gasteiger partial charge in [-0.15, -0.1) is 0 Å². The van der Waals surface area contributed by atoms with E-state index in [1.165, 1.54) is 19.3 Å². The van der Waals surface area contributed by atoms with Crippen LogP contribution in [0.2, 0.25) is 0 Å². The van der Waals surface area contributed by atoms with Gasteiger partial charge in [-0.25, -0.2) is 9.78 Å². The van der Waals surface area contributed by atoms with Crippen molar-refractivity contribution in [3.8, 4) is 0 Å². The molecule has 0 unspecified atom stereocenters. The maximum absolute atomic E-state index is 12.9. The topological polar surface area (TPSA) is 82.5 Å². The number of rotatable bonds is 5. The molecule has 3 amide bonds. The van der Waals surface area contributed by atoms with Crippen LogP contribution in [-0.2, 0) is 18.4 Å². The molecule has 8 heteroatoms. The highest BCUT2D eigenvalue weighted by Gasteiger charge is 2.28. The minimum Gasteiger partial charge on any atom is -0.340 e. The summed E-state index contributed by atoms with van der Waals surface area (Å²) in [6.07, 6.45) is 5.78. The summed E-state index contributed by atoms with van der Waals surface area (Å²) in [7, 11) is 2.03. The molecular formula is C27H34N6O2. The van der Waals surface area contributed by atoms with Crippen molar-refractivity contribution in [3.63, 3.8) is 0 Å². The highest BCUT2D eigenvalue weighted by atomic mass is 16.2. The Bertz CT molecular complexity index is 1180. The van der Waals surface area contributed by atoms with Gasteiger partial charge in [-0.3, -0.25) is 9.69 Å². The first-order chi connectivity index (χ1) is 17.1. The molecule has 1 aliphatic carbocycles. The van der Waals surface area contributed by atoms with Crippen LogP contribution in [0.15, 0.2) is 48.5 Å². The van der Waals surface area contributed by atoms with Gasteiger partial charge in [0.2, 0.25) is 5.91 Å². The molecule has 8 nitrogen and oxygen atoms in total. The van der Waals surface area contributed by atoms with Gasteiger partial charge in [-0.05, 0) is 43.2 Å². The van der Waals surface area contributed by atoms with E-state index in [0.29, 0.717) is 11.6 Å². The number of amides is 3. The Hall–Kier alpha value is -3.39. The SMILES string of the molecule is Cn1c(CN2CCN(C(=O)C3CCCCC3)CC2)nc2cc(NC(=O)Nc3ccccc3)ccc21. The second-order valence-electron chi connectivity index (χ2n) is 9.67. The first-order valence-electron chi connectivity index (χ1n) is 12.7. The number of hydrogen-bond donors (Lipinski definition) is 2. The molecule has 3 aromatic rings. The fourth-order valence-corrected chi connectivity index (χ4v) is 5.22. The Morgan fingerprint density at radius 3 is 2.37 bits per heavy atom. The number of hydrogen-bond acceptors (Lipinski definition) is 4. The average molecular weight is 475 g/mol. The third-order valence-electron chi connectivity index (χ3n) is 7.27. The maximum Gasteiger partial charge on any atom is 0.323 e. The number of para-hydroxylation sites is 1. The molecule has 1 aromatic heterocycles. The molecule has 1 saturated heterocycles. The molecule has 5 rings (SSSR count). The highest BCUT2D eigenvalue weighted by molar-refractivity contribution is 6.00. The lowest BCUT2D eigenvalue weighted by Gasteiger charge is -2.37. The fourth-order valence-electron chi connectivity index (χ4n) is 5.22. The zero-order valence-electron chi connectivity index (χ0n) is 20.4. The first-order valence-corrected chi connectivity index (χ1v) is 12.7. The van der Waals surface area contributed by atoms with E-state index in [9.17, 15) is 9.59 Å². The molecule has 2 aliphatic rings. The summed E-state index contributed by atoms with van der Waals surface area (Å²) in [6.45, 7) is 4.07. The smallest absolute Gasteiger partial charge is 0.323 e. The predicted octanol–water partition coefficient (Wildman–Crippen LogP) is 4.44. The Balaban J connectivity index is 1.18. The number of piperazine rings is 1. The van der Waals surface area contributed by atoms with Gasteiger partial charge in [0, 0.05) is 50.5 Å². The van der Waals surface area contributed by atoms with Crippen molar-refractivity contribution in [2.45, 2.75) is 38.6 Å². The number of benzene rings is 2. The molecule has 184 valence electrons. The Kier molecular flexibility index (Phi) is 6.99. The van der Waals surface area contributed by atoms with Crippen molar-refractivity contribution < 1.29 is 9.59 Å². The van der Waals surface area contributed by atoms with Crippen LogP contribution >= 0.6 is 0 Å². The fraction of sp³-hybridized carbons (Fsp3) is 0.444. The quantitative estimate of drug-likeness (QED) is 0.573. The van der Waals surface area contributed by atoms with Crippen LogP contribution in [0.1, 0.15) is 37.9 Å². The van der Waals surface area contributed by atoms with Crippen molar-refractivity contribution in [1.29, 1.82) is 0 Å². The summed E-state index contributed by atoms with van der Waals surface area (Å²) in [6, 6.07) is 14.9. The molecule has 35 heavy (non-hydrogen) atoms. The van der Waals surface area contributed by atoms with Gasteiger partial charge < -0.3 is 20.1 Å². The van der Waals surface area contributed by atoms with Crippen LogP contribution < -0.4 is 10.6 Å². The van der Waals surface area contributed by atoms with Crippen LogP contribution in [0, 0.1) is 5.92 Å². The number of anilines is 2. The summed E-state index contributed by atoms with van der Waals surface area (Å²) in [5, 5.41) is 5.72. The number of fused-ring (bicyclic) bond motifs is 1. The van der Waals surface area contributed by atoms with E-state index in [4.69, 9.17) is 4.98 Å². The lowest BCUT2D eigenvalue weighted by atomic mass is 9.88. The summed E-state index contributed by atoms with van der Waals surface area (Å²) < 4.78 is 2.11. The highest BCUT2D eigenvalue weighted by Crippen LogP contribution is 2.26. The van der Waals surface area contributed by atoms with Crippen LogP contribution in [0.5, 0.6) is 0 Å². The number of aromatic nitrogens is 2. The molecule has 1 saturated carbocycles. The van der Waals surface area contributed by atoms with Crippen LogP contribution in [-0.4, -0.2) is 57.5 Å². The van der Waals surface area contributed by atoms with Gasteiger partial charge >= 0.3 is 6.03 Å². The Morgan fingerprint density at radius 1 is 0.914 bits per heavy atom. The van der Waals surface area contributed by atoms with Gasteiger partial charge in [-0.1, -0.05) is 37.5 Å². The number of nitrogens with zero attached hydrogens (tertiary/aromatic N) is 4. The summed E-state index contributed by atoms with van der Waals surface area (Å²) in [5.74, 6) is 1.59. The standard InChI is InChI=1S/C27H34N6O2/c1-31-24-13-12-22(29-27(35)28-21-10-6-3-7-11-21)18-23(24)30-25(31)19-32-14-16-33(17-15-32)26(34)20-8-4-2-5-9-20/h3,6-7,10-13,18,20H,2,4-5,8-9,14-17,19H2,1H3,(H2,28,29,35). The summed E-state index contributed by atoms with van der Waals surface area (Å²) >= 11 is 0. The van der Waals surface area contributed by atoms with Crippen molar-refractivity contribution in [3.05, 3.63) is 54.4 Å². The molecule has 2 aromatic carbocycles. The first kappa shape index (κ1) is 23.4. The number of carbonyl (C=O) groups excluding carboxylic acids is 2. The van der Waals surface area contributed by atoms with Crippen LogP contribution in [0.4, 0.5) is 16.2 Å². The van der Waals surface area contributed by atoms with E-state index in [0.717, 1.165) is 68.1 Å². The number of aryl methyl sites for hydroxylation is 1. The van der Waals surface area contributed by atoms with Crippen molar-refractivity contribution >= 4 is 34.3 Å². The van der Waals surface area contributed by atoms with Crippen LogP contribution in [0.25, 0.3) is 11.0 Å². The number of imidazole rings is 1. The van der Waals surface area contributed by atoms with Gasteiger partial charge in [0.15, 0.2) is 0 Å². The minimum absolute atomic E-state index is 0.243. The van der Waals surface area contributed by atoms with Gasteiger partial charge in [0.05, 0.1) is 17.6 Å². The monoisotopic (exact) mass is 474 g/mol. The number of urea groups is 1. The van der Waals surface area contributed by atoms with E-state index in [-0.39, 0.29) is 11.9 Å². The second-order valence-corrected chi connectivity index (χ2v) is 9.67. The zero-order chi connectivity index (χ0) is 24.2. The minimum atomic E-state index is -0.285. The van der Waals surface area contributed by atoms with E-state index >= 15 is 0 Å². The zero-order valence-corrected chi connectivity index (χ0v) is 20.4. The Morgan fingerprint density at radius 2 is 1.63 bits per heavy atom. The summed E-state index contributed by atoms with van der Waals surface area (Å²) in [5.41, 5.74) is 3.32. The predicted molar refractivity (Wildman–Crippen MR) is 138 cm³/mol. The van der Waals surface area contributed by atoms with Crippen molar-refractivity contribution in [2.24, 2.45) is 13.0 Å². The van der Waals surface area contributed by atoms with E-state index < -0.39 is 0 Å². The lowest BCUT2D eigenvalue weighted by Crippen LogP contribution is -2.50.